The Balaban J connectivity index is 1.77. The van der Waals surface area contributed by atoms with Crippen LogP contribution in [0, 0.1) is 0 Å². The van der Waals surface area contributed by atoms with Gasteiger partial charge in [-0.05, 0) is 30.5 Å². The van der Waals surface area contributed by atoms with E-state index in [-0.39, 0.29) is 36.1 Å². The van der Waals surface area contributed by atoms with Gasteiger partial charge in [-0.15, -0.1) is 0 Å². The third-order valence-corrected chi connectivity index (χ3v) is 4.38. The van der Waals surface area contributed by atoms with Gasteiger partial charge >= 0.3 is 12.1 Å². The second kappa shape index (κ2) is 6.54. The van der Waals surface area contributed by atoms with Crippen molar-refractivity contribution in [3.05, 3.63) is 46.8 Å². The number of halogens is 4. The topological polar surface area (TPSA) is 57.7 Å². The summed E-state index contributed by atoms with van der Waals surface area (Å²) in [6.07, 6.45) is -4.69. The SMILES string of the molecule is O=C1c2ccccc2C(=O)N1C/C(F)=C1/CCCN(C(=O)C(F)(F)F)C1. The first-order valence-corrected chi connectivity index (χ1v) is 7.88. The molecule has 1 aromatic carbocycles. The van der Waals surface area contributed by atoms with E-state index < -0.39 is 42.8 Å². The summed E-state index contributed by atoms with van der Waals surface area (Å²) in [7, 11) is 0. The minimum absolute atomic E-state index is 0.00888. The number of hydrogen-bond acceptors (Lipinski definition) is 3. The monoisotopic (exact) mass is 370 g/mol. The van der Waals surface area contributed by atoms with Crippen LogP contribution in [-0.4, -0.2) is 53.3 Å². The van der Waals surface area contributed by atoms with Crippen molar-refractivity contribution in [3.8, 4) is 0 Å². The summed E-state index contributed by atoms with van der Waals surface area (Å²) >= 11 is 0. The standard InChI is InChI=1S/C17H14F4N2O3/c18-13(10-4-3-7-22(8-10)16(26)17(19,20)21)9-23-14(24)11-5-1-2-6-12(11)15(23)25/h1-2,5-6H,3-4,7-9H2/b13-10+. The first-order valence-electron chi connectivity index (χ1n) is 7.88. The van der Waals surface area contributed by atoms with Gasteiger partial charge in [-0.25, -0.2) is 4.39 Å². The third kappa shape index (κ3) is 3.21. The zero-order valence-corrected chi connectivity index (χ0v) is 13.5. The maximum absolute atomic E-state index is 14.6. The van der Waals surface area contributed by atoms with Crippen molar-refractivity contribution in [2.75, 3.05) is 19.6 Å². The molecule has 3 rings (SSSR count). The van der Waals surface area contributed by atoms with Gasteiger partial charge in [0.2, 0.25) is 0 Å². The molecule has 2 aliphatic rings. The van der Waals surface area contributed by atoms with Gasteiger partial charge in [-0.1, -0.05) is 12.1 Å². The van der Waals surface area contributed by atoms with Crippen LogP contribution in [0.1, 0.15) is 33.6 Å². The fraction of sp³-hybridized carbons (Fsp3) is 0.353. The maximum Gasteiger partial charge on any atom is 0.471 e. The van der Waals surface area contributed by atoms with Crippen molar-refractivity contribution in [2.45, 2.75) is 19.0 Å². The highest BCUT2D eigenvalue weighted by atomic mass is 19.4. The molecule has 1 fully saturated rings. The van der Waals surface area contributed by atoms with Crippen LogP contribution < -0.4 is 0 Å². The molecule has 2 heterocycles. The Morgan fingerprint density at radius 1 is 1.08 bits per heavy atom. The Labute approximate surface area is 145 Å². The molecule has 0 atom stereocenters. The summed E-state index contributed by atoms with van der Waals surface area (Å²) in [6.45, 7) is -1.29. The van der Waals surface area contributed by atoms with Crippen LogP contribution >= 0.6 is 0 Å². The summed E-state index contributed by atoms with van der Waals surface area (Å²) < 4.78 is 52.2. The Morgan fingerprint density at radius 3 is 2.19 bits per heavy atom. The number of fused-ring (bicyclic) bond motifs is 1. The van der Waals surface area contributed by atoms with E-state index >= 15 is 0 Å². The van der Waals surface area contributed by atoms with Crippen molar-refractivity contribution in [2.24, 2.45) is 0 Å². The normalized spacial score (nSPS) is 19.7. The Morgan fingerprint density at radius 2 is 1.65 bits per heavy atom. The van der Waals surface area contributed by atoms with Crippen molar-refractivity contribution in [3.63, 3.8) is 0 Å². The van der Waals surface area contributed by atoms with Gasteiger partial charge in [0.05, 0.1) is 17.7 Å². The number of piperidine rings is 1. The molecule has 0 saturated carbocycles. The van der Waals surface area contributed by atoms with E-state index in [0.29, 0.717) is 4.90 Å². The van der Waals surface area contributed by atoms with E-state index in [1.54, 1.807) is 12.1 Å². The molecule has 0 unspecified atom stereocenters. The highest BCUT2D eigenvalue weighted by Crippen LogP contribution is 2.28. The van der Waals surface area contributed by atoms with Crippen LogP contribution in [0.25, 0.3) is 0 Å². The van der Waals surface area contributed by atoms with Crippen molar-refractivity contribution < 1.29 is 31.9 Å². The number of imide groups is 1. The molecule has 0 radical (unpaired) electrons. The number of amides is 3. The van der Waals surface area contributed by atoms with E-state index in [1.807, 2.05) is 0 Å². The van der Waals surface area contributed by atoms with Crippen molar-refractivity contribution >= 4 is 17.7 Å². The van der Waals surface area contributed by atoms with Gasteiger partial charge in [-0.2, -0.15) is 13.2 Å². The summed E-state index contributed by atoms with van der Waals surface area (Å²) in [5.41, 5.74) is 0.311. The summed E-state index contributed by atoms with van der Waals surface area (Å²) in [6, 6.07) is 6.05. The molecule has 26 heavy (non-hydrogen) atoms. The Kier molecular flexibility index (Phi) is 4.55. The molecule has 0 aromatic heterocycles. The molecule has 1 aromatic rings. The average molecular weight is 370 g/mol. The van der Waals surface area contributed by atoms with Crippen molar-refractivity contribution in [1.29, 1.82) is 0 Å². The molecular formula is C17H14F4N2O3. The lowest BCUT2D eigenvalue weighted by molar-refractivity contribution is -0.185. The number of benzene rings is 1. The number of carbonyl (C=O) groups excluding carboxylic acids is 3. The fourth-order valence-corrected chi connectivity index (χ4v) is 3.08. The number of nitrogens with zero attached hydrogens (tertiary/aromatic N) is 2. The summed E-state index contributed by atoms with van der Waals surface area (Å²) in [5, 5.41) is 0. The molecule has 5 nitrogen and oxygen atoms in total. The quantitative estimate of drug-likeness (QED) is 0.594. The van der Waals surface area contributed by atoms with Crippen LogP contribution in [0.15, 0.2) is 35.7 Å². The van der Waals surface area contributed by atoms with E-state index in [2.05, 4.69) is 0 Å². The molecule has 3 amide bonds. The van der Waals surface area contributed by atoms with Crippen molar-refractivity contribution in [1.82, 2.24) is 9.80 Å². The average Bonchev–Trinajstić information content (AvgIpc) is 2.85. The van der Waals surface area contributed by atoms with Crippen LogP contribution in [0.4, 0.5) is 17.6 Å². The molecule has 9 heteroatoms. The summed E-state index contributed by atoms with van der Waals surface area (Å²) in [4.78, 5) is 37.0. The fourth-order valence-electron chi connectivity index (χ4n) is 3.08. The predicted molar refractivity (Wildman–Crippen MR) is 81.8 cm³/mol. The minimum Gasteiger partial charge on any atom is -0.331 e. The van der Waals surface area contributed by atoms with E-state index in [0.717, 1.165) is 4.90 Å². The molecule has 0 aliphatic carbocycles. The molecular weight excluding hydrogens is 356 g/mol. The van der Waals surface area contributed by atoms with Crippen LogP contribution in [-0.2, 0) is 4.79 Å². The predicted octanol–water partition coefficient (Wildman–Crippen LogP) is 2.69. The van der Waals surface area contributed by atoms with Crippen LogP contribution in [0.2, 0.25) is 0 Å². The second-order valence-electron chi connectivity index (χ2n) is 6.08. The zero-order valence-electron chi connectivity index (χ0n) is 13.5. The lowest BCUT2D eigenvalue weighted by Gasteiger charge is -2.30. The number of rotatable bonds is 2. The molecule has 0 spiro atoms. The number of alkyl halides is 3. The van der Waals surface area contributed by atoms with E-state index in [9.17, 15) is 31.9 Å². The molecule has 2 aliphatic heterocycles. The van der Waals surface area contributed by atoms with Gasteiger partial charge in [0.25, 0.3) is 11.8 Å². The van der Waals surface area contributed by atoms with E-state index in [1.165, 1.54) is 12.1 Å². The highest BCUT2D eigenvalue weighted by molar-refractivity contribution is 6.21. The van der Waals surface area contributed by atoms with Gasteiger partial charge in [0, 0.05) is 13.1 Å². The number of likely N-dealkylation sites (tertiary alicyclic amines) is 1. The first kappa shape index (κ1) is 18.1. The van der Waals surface area contributed by atoms with Gasteiger partial charge in [-0.3, -0.25) is 19.3 Å². The third-order valence-electron chi connectivity index (χ3n) is 4.38. The highest BCUT2D eigenvalue weighted by Gasteiger charge is 2.43. The Hall–Kier alpha value is -2.71. The zero-order chi connectivity index (χ0) is 19.1. The molecule has 1 saturated heterocycles. The Bertz CT molecular complexity index is 781. The maximum atomic E-state index is 14.6. The molecule has 138 valence electrons. The molecule has 0 bridgehead atoms. The lowest BCUT2D eigenvalue weighted by Crippen LogP contribution is -2.44. The second-order valence-corrected chi connectivity index (χ2v) is 6.08. The van der Waals surface area contributed by atoms with Gasteiger partial charge < -0.3 is 4.90 Å². The lowest BCUT2D eigenvalue weighted by atomic mass is 10.0. The summed E-state index contributed by atoms with van der Waals surface area (Å²) in [5.74, 6) is -4.19. The largest absolute Gasteiger partial charge is 0.471 e. The van der Waals surface area contributed by atoms with E-state index in [4.69, 9.17) is 0 Å². The first-order chi connectivity index (χ1) is 12.2. The molecule has 0 N–H and O–H groups in total. The van der Waals surface area contributed by atoms with Gasteiger partial charge in [0.15, 0.2) is 0 Å². The minimum atomic E-state index is -5.03. The smallest absolute Gasteiger partial charge is 0.331 e. The number of carbonyl (C=O) groups is 3. The van der Waals surface area contributed by atoms with Crippen LogP contribution in [0.5, 0.6) is 0 Å². The number of hydrogen-bond donors (Lipinski definition) is 0. The van der Waals surface area contributed by atoms with Crippen LogP contribution in [0.3, 0.4) is 0 Å². The van der Waals surface area contributed by atoms with Gasteiger partial charge in [0.1, 0.15) is 5.83 Å².